The van der Waals surface area contributed by atoms with Gasteiger partial charge in [-0.2, -0.15) is 5.10 Å². The van der Waals surface area contributed by atoms with Crippen LogP contribution in [-0.4, -0.2) is 49.7 Å². The number of carbonyl (C=O) groups is 2. The Kier molecular flexibility index (Phi) is 3.82. The monoisotopic (exact) mass is 344 g/mol. The number of carbonyl (C=O) groups excluding carboxylic acids is 1. The fourth-order valence-electron chi connectivity index (χ4n) is 4.02. The van der Waals surface area contributed by atoms with Crippen molar-refractivity contribution in [3.8, 4) is 0 Å². The average Bonchev–Trinajstić information content (AvgIpc) is 3.29. The van der Waals surface area contributed by atoms with E-state index in [0.29, 0.717) is 24.5 Å². The number of aromatic nitrogens is 3. The zero-order chi connectivity index (χ0) is 17.6. The summed E-state index contributed by atoms with van der Waals surface area (Å²) in [6.07, 6.45) is 5.61. The van der Waals surface area contributed by atoms with Crippen molar-refractivity contribution in [1.82, 2.24) is 19.7 Å². The number of hydrogen-bond acceptors (Lipinski definition) is 5. The third kappa shape index (κ3) is 2.61. The van der Waals surface area contributed by atoms with Gasteiger partial charge in [0.25, 0.3) is 5.91 Å². The van der Waals surface area contributed by atoms with Gasteiger partial charge in [-0.25, -0.2) is 9.78 Å². The minimum Gasteiger partial charge on any atom is -0.476 e. The predicted octanol–water partition coefficient (Wildman–Crippen LogP) is 1.61. The quantitative estimate of drug-likeness (QED) is 0.908. The summed E-state index contributed by atoms with van der Waals surface area (Å²) < 4.78 is 7.02. The first kappa shape index (κ1) is 15.9. The second-order valence-electron chi connectivity index (χ2n) is 6.71. The fraction of sp³-hybridized carbons (Fsp3) is 0.529. The first-order valence-electron chi connectivity index (χ1n) is 8.57. The Morgan fingerprint density at radius 2 is 2.16 bits per heavy atom. The van der Waals surface area contributed by atoms with Crippen molar-refractivity contribution < 1.29 is 19.1 Å². The third-order valence-corrected chi connectivity index (χ3v) is 5.15. The van der Waals surface area contributed by atoms with Crippen molar-refractivity contribution in [2.45, 2.75) is 38.0 Å². The van der Waals surface area contributed by atoms with E-state index in [4.69, 9.17) is 4.42 Å². The molecule has 0 saturated carbocycles. The molecule has 0 aromatic carbocycles. The van der Waals surface area contributed by atoms with Crippen molar-refractivity contribution in [2.75, 3.05) is 13.1 Å². The van der Waals surface area contributed by atoms with Crippen LogP contribution in [0.15, 0.2) is 10.8 Å². The number of carboxylic acids is 1. The summed E-state index contributed by atoms with van der Waals surface area (Å²) in [5.74, 6) is -0.913. The van der Waals surface area contributed by atoms with Crippen molar-refractivity contribution in [3.05, 3.63) is 34.8 Å². The Bertz CT molecular complexity index is 838. The van der Waals surface area contributed by atoms with E-state index in [9.17, 15) is 14.7 Å². The van der Waals surface area contributed by atoms with E-state index in [2.05, 4.69) is 10.1 Å². The standard InChI is InChI=1S/C17H20N4O4/c1-20-14(11-5-2-6-12(11)19-20)16(22)21-7-3-4-10(8-21)15-13(17(23)24)18-9-25-15/h9-10H,2-8H2,1H3,(H,23,24). The smallest absolute Gasteiger partial charge is 0.358 e. The topological polar surface area (TPSA) is 101 Å². The van der Waals surface area contributed by atoms with Crippen molar-refractivity contribution in [3.63, 3.8) is 0 Å². The second kappa shape index (κ2) is 6.02. The Labute approximate surface area is 144 Å². The molecule has 132 valence electrons. The van der Waals surface area contributed by atoms with Crippen LogP contribution in [0.1, 0.15) is 63.2 Å². The number of amides is 1. The number of aryl methyl sites for hydroxylation is 2. The number of hydrogen-bond donors (Lipinski definition) is 1. The minimum atomic E-state index is -1.10. The Morgan fingerprint density at radius 3 is 2.96 bits per heavy atom. The van der Waals surface area contributed by atoms with Crippen LogP contribution in [-0.2, 0) is 19.9 Å². The molecule has 8 nitrogen and oxygen atoms in total. The second-order valence-corrected chi connectivity index (χ2v) is 6.71. The van der Waals surface area contributed by atoms with E-state index in [1.165, 1.54) is 0 Å². The van der Waals surface area contributed by atoms with Gasteiger partial charge in [-0.05, 0) is 32.1 Å². The van der Waals surface area contributed by atoms with Crippen LogP contribution < -0.4 is 0 Å². The van der Waals surface area contributed by atoms with E-state index in [1.807, 2.05) is 7.05 Å². The van der Waals surface area contributed by atoms with E-state index < -0.39 is 5.97 Å². The highest BCUT2D eigenvalue weighted by Gasteiger charge is 2.34. The number of piperidine rings is 1. The lowest BCUT2D eigenvalue weighted by Gasteiger charge is -2.32. The summed E-state index contributed by atoms with van der Waals surface area (Å²) in [6, 6.07) is 0. The predicted molar refractivity (Wildman–Crippen MR) is 86.6 cm³/mol. The summed E-state index contributed by atoms with van der Waals surface area (Å²) in [4.78, 5) is 29.9. The van der Waals surface area contributed by atoms with E-state index in [-0.39, 0.29) is 17.5 Å². The van der Waals surface area contributed by atoms with Gasteiger partial charge >= 0.3 is 5.97 Å². The summed E-state index contributed by atoms with van der Waals surface area (Å²) in [6.45, 7) is 1.10. The van der Waals surface area contributed by atoms with Crippen LogP contribution in [0.3, 0.4) is 0 Å². The van der Waals surface area contributed by atoms with E-state index in [1.54, 1.807) is 9.58 Å². The Balaban J connectivity index is 1.58. The molecule has 1 amide bonds. The third-order valence-electron chi connectivity index (χ3n) is 5.15. The molecule has 2 aromatic heterocycles. The number of aromatic carboxylic acids is 1. The highest BCUT2D eigenvalue weighted by atomic mass is 16.4. The van der Waals surface area contributed by atoms with Crippen molar-refractivity contribution in [2.24, 2.45) is 7.05 Å². The van der Waals surface area contributed by atoms with Crippen LogP contribution >= 0.6 is 0 Å². The molecule has 1 saturated heterocycles. The lowest BCUT2D eigenvalue weighted by Crippen LogP contribution is -2.40. The molecule has 0 spiro atoms. The van der Waals surface area contributed by atoms with Gasteiger partial charge in [0.15, 0.2) is 12.1 Å². The summed E-state index contributed by atoms with van der Waals surface area (Å²) in [5.41, 5.74) is 2.72. The average molecular weight is 344 g/mol. The summed E-state index contributed by atoms with van der Waals surface area (Å²) in [5, 5.41) is 13.7. The van der Waals surface area contributed by atoms with Gasteiger partial charge < -0.3 is 14.4 Å². The van der Waals surface area contributed by atoms with Gasteiger partial charge in [0.05, 0.1) is 5.69 Å². The number of oxazole rings is 1. The van der Waals surface area contributed by atoms with Crippen LogP contribution in [0.25, 0.3) is 0 Å². The molecule has 1 N–H and O–H groups in total. The lowest BCUT2D eigenvalue weighted by atomic mass is 9.94. The van der Waals surface area contributed by atoms with Crippen molar-refractivity contribution in [1.29, 1.82) is 0 Å². The highest BCUT2D eigenvalue weighted by Crippen LogP contribution is 2.31. The molecular formula is C17H20N4O4. The largest absolute Gasteiger partial charge is 0.476 e. The number of nitrogens with zero attached hydrogens (tertiary/aromatic N) is 4. The Morgan fingerprint density at radius 1 is 1.32 bits per heavy atom. The molecule has 2 aliphatic rings. The number of fused-ring (bicyclic) bond motifs is 1. The summed E-state index contributed by atoms with van der Waals surface area (Å²) in [7, 11) is 1.81. The van der Waals surface area contributed by atoms with E-state index >= 15 is 0 Å². The normalized spacial score (nSPS) is 19.9. The van der Waals surface area contributed by atoms with Crippen LogP contribution in [0, 0.1) is 0 Å². The Hall–Kier alpha value is -2.64. The molecule has 4 rings (SSSR count). The number of carboxylic acid groups (broad SMARTS) is 1. The molecule has 0 radical (unpaired) electrons. The number of likely N-dealkylation sites (tertiary alicyclic amines) is 1. The van der Waals surface area contributed by atoms with Crippen LogP contribution in [0.5, 0.6) is 0 Å². The molecule has 1 atom stereocenters. The molecule has 8 heteroatoms. The van der Waals surface area contributed by atoms with Gasteiger partial charge in [0.1, 0.15) is 11.5 Å². The molecule has 1 aliphatic heterocycles. The number of rotatable bonds is 3. The molecule has 25 heavy (non-hydrogen) atoms. The van der Waals surface area contributed by atoms with Gasteiger partial charge in [-0.15, -0.1) is 0 Å². The van der Waals surface area contributed by atoms with Crippen LogP contribution in [0.2, 0.25) is 0 Å². The molecule has 1 aliphatic carbocycles. The summed E-state index contributed by atoms with van der Waals surface area (Å²) >= 11 is 0. The zero-order valence-corrected chi connectivity index (χ0v) is 14.1. The molecule has 1 unspecified atom stereocenters. The fourth-order valence-corrected chi connectivity index (χ4v) is 4.02. The van der Waals surface area contributed by atoms with E-state index in [0.717, 1.165) is 49.8 Å². The SMILES string of the molecule is Cn1nc2c(c1C(=O)N1CCCC(c3ocnc3C(=O)O)C1)CCC2. The molecular weight excluding hydrogens is 324 g/mol. The lowest BCUT2D eigenvalue weighted by molar-refractivity contribution is 0.0677. The van der Waals surface area contributed by atoms with Gasteiger partial charge in [0, 0.05) is 31.6 Å². The van der Waals surface area contributed by atoms with Gasteiger partial charge in [-0.1, -0.05) is 0 Å². The molecule has 3 heterocycles. The first-order chi connectivity index (χ1) is 12.1. The maximum Gasteiger partial charge on any atom is 0.358 e. The zero-order valence-electron chi connectivity index (χ0n) is 14.1. The highest BCUT2D eigenvalue weighted by molar-refractivity contribution is 5.94. The van der Waals surface area contributed by atoms with Crippen molar-refractivity contribution >= 4 is 11.9 Å². The van der Waals surface area contributed by atoms with Crippen LogP contribution in [0.4, 0.5) is 0 Å². The maximum absolute atomic E-state index is 13.1. The molecule has 2 aromatic rings. The first-order valence-corrected chi connectivity index (χ1v) is 8.57. The maximum atomic E-state index is 13.1. The van der Waals surface area contributed by atoms with Gasteiger partial charge in [0.2, 0.25) is 0 Å². The molecule has 0 bridgehead atoms. The molecule has 1 fully saturated rings. The van der Waals surface area contributed by atoms with Gasteiger partial charge in [-0.3, -0.25) is 9.48 Å². The minimum absolute atomic E-state index is 0.0285.